The predicted molar refractivity (Wildman–Crippen MR) is 97.8 cm³/mol. The van der Waals surface area contributed by atoms with Crippen LogP contribution in [0.1, 0.15) is 42.1 Å². The molecule has 0 spiro atoms. The largest absolute Gasteiger partial charge is 0.477 e. The van der Waals surface area contributed by atoms with Crippen LogP contribution in [0, 0.1) is 11.6 Å². The monoisotopic (exact) mass is 391 g/mol. The molecule has 0 radical (unpaired) electrons. The SMILES string of the molecule is NC1CN(c2c(F)cc3c(=O)c(C(=O)O)cn(C4CC4)c3c2F)CCCC1=O. The highest BCUT2D eigenvalue weighted by molar-refractivity contribution is 5.94. The van der Waals surface area contributed by atoms with Gasteiger partial charge in [0, 0.05) is 31.7 Å². The smallest absolute Gasteiger partial charge is 0.341 e. The van der Waals surface area contributed by atoms with Crippen LogP contribution >= 0.6 is 0 Å². The summed E-state index contributed by atoms with van der Waals surface area (Å²) in [5, 5.41) is 8.97. The lowest BCUT2D eigenvalue weighted by Crippen LogP contribution is -2.41. The molecule has 2 aliphatic rings. The number of carbonyl (C=O) groups is 2. The van der Waals surface area contributed by atoms with E-state index in [1.54, 1.807) is 0 Å². The van der Waals surface area contributed by atoms with E-state index < -0.39 is 34.6 Å². The molecule has 0 bridgehead atoms. The maximum absolute atomic E-state index is 15.5. The minimum Gasteiger partial charge on any atom is -0.477 e. The van der Waals surface area contributed by atoms with Crippen molar-refractivity contribution in [2.24, 2.45) is 5.73 Å². The number of halogens is 2. The lowest BCUT2D eigenvalue weighted by Gasteiger charge is -2.26. The number of ketones is 1. The number of pyridine rings is 1. The Balaban J connectivity index is 1.96. The summed E-state index contributed by atoms with van der Waals surface area (Å²) in [7, 11) is 0. The van der Waals surface area contributed by atoms with Crippen molar-refractivity contribution in [2.75, 3.05) is 18.0 Å². The minimum atomic E-state index is -1.44. The van der Waals surface area contributed by atoms with Gasteiger partial charge in [-0.1, -0.05) is 0 Å². The molecule has 1 saturated heterocycles. The Kier molecular flexibility index (Phi) is 4.41. The summed E-state index contributed by atoms with van der Waals surface area (Å²) < 4.78 is 31.8. The van der Waals surface area contributed by atoms with Crippen molar-refractivity contribution in [3.8, 4) is 0 Å². The van der Waals surface area contributed by atoms with Gasteiger partial charge in [0.05, 0.1) is 16.9 Å². The first kappa shape index (κ1) is 18.5. The van der Waals surface area contributed by atoms with Crippen LogP contribution in [-0.4, -0.2) is 40.6 Å². The third kappa shape index (κ3) is 2.95. The number of Topliss-reactive ketones (excluding diaryl/α,β-unsaturated/α-hetero) is 1. The van der Waals surface area contributed by atoms with Crippen LogP contribution in [0.3, 0.4) is 0 Å². The van der Waals surface area contributed by atoms with Gasteiger partial charge in [0.15, 0.2) is 11.6 Å². The number of nitrogens with two attached hydrogens (primary N) is 1. The van der Waals surface area contributed by atoms with Gasteiger partial charge in [0.25, 0.3) is 0 Å². The molecule has 7 nitrogen and oxygen atoms in total. The van der Waals surface area contributed by atoms with E-state index in [1.165, 1.54) is 9.47 Å². The fourth-order valence-corrected chi connectivity index (χ4v) is 3.78. The van der Waals surface area contributed by atoms with E-state index in [0.717, 1.165) is 12.3 Å². The van der Waals surface area contributed by atoms with E-state index in [4.69, 9.17) is 5.73 Å². The normalized spacial score (nSPS) is 20.5. The summed E-state index contributed by atoms with van der Waals surface area (Å²) in [5.41, 5.74) is 3.93. The highest BCUT2D eigenvalue weighted by atomic mass is 19.1. The molecule has 2 heterocycles. The number of nitrogens with zero attached hydrogens (tertiary/aromatic N) is 2. The number of carboxylic acids is 1. The number of fused-ring (bicyclic) bond motifs is 1. The van der Waals surface area contributed by atoms with Crippen LogP contribution < -0.4 is 16.1 Å². The van der Waals surface area contributed by atoms with Gasteiger partial charge in [-0.05, 0) is 25.3 Å². The Hall–Kier alpha value is -2.81. The Bertz CT molecular complexity index is 1060. The number of hydrogen-bond donors (Lipinski definition) is 2. The van der Waals surface area contributed by atoms with Gasteiger partial charge in [-0.3, -0.25) is 9.59 Å². The zero-order valence-electron chi connectivity index (χ0n) is 15.0. The van der Waals surface area contributed by atoms with Crippen LogP contribution in [0.25, 0.3) is 10.9 Å². The van der Waals surface area contributed by atoms with Gasteiger partial charge in [0.2, 0.25) is 5.43 Å². The van der Waals surface area contributed by atoms with Crippen molar-refractivity contribution in [3.63, 3.8) is 0 Å². The molecule has 1 saturated carbocycles. The van der Waals surface area contributed by atoms with Crippen molar-refractivity contribution in [3.05, 3.63) is 39.7 Å². The lowest BCUT2D eigenvalue weighted by molar-refractivity contribution is -0.119. The first-order chi connectivity index (χ1) is 13.3. The number of benzene rings is 1. The van der Waals surface area contributed by atoms with E-state index in [-0.39, 0.29) is 47.9 Å². The number of aromatic carboxylic acids is 1. The maximum atomic E-state index is 15.5. The van der Waals surface area contributed by atoms with E-state index in [9.17, 15) is 23.9 Å². The Morgan fingerprint density at radius 3 is 2.61 bits per heavy atom. The fourth-order valence-electron chi connectivity index (χ4n) is 3.78. The number of carboxylic acid groups (broad SMARTS) is 1. The number of rotatable bonds is 3. The molecule has 1 aromatic heterocycles. The molecule has 28 heavy (non-hydrogen) atoms. The van der Waals surface area contributed by atoms with Crippen molar-refractivity contribution < 1.29 is 23.5 Å². The molecular weight excluding hydrogens is 372 g/mol. The number of anilines is 1. The van der Waals surface area contributed by atoms with Gasteiger partial charge in [-0.15, -0.1) is 0 Å². The average molecular weight is 391 g/mol. The molecule has 1 aliphatic heterocycles. The standard InChI is InChI=1S/C19H19F2N3O4/c20-12-6-10-16(24(9-3-4-9)7-11(18(10)26)19(27)28)15(21)17(12)23-5-1-2-14(25)13(22)8-23/h6-7,9,13H,1-5,8,22H2,(H,27,28). The lowest BCUT2D eigenvalue weighted by atomic mass is 10.1. The molecule has 1 atom stereocenters. The molecule has 3 N–H and O–H groups in total. The number of carbonyl (C=O) groups excluding carboxylic acids is 1. The third-order valence-corrected chi connectivity index (χ3v) is 5.35. The second-order valence-electron chi connectivity index (χ2n) is 7.36. The summed E-state index contributed by atoms with van der Waals surface area (Å²) in [6.45, 7) is 0.221. The fraction of sp³-hybridized carbons (Fsp3) is 0.421. The zero-order valence-corrected chi connectivity index (χ0v) is 15.0. The van der Waals surface area contributed by atoms with Crippen molar-refractivity contribution in [1.82, 2.24) is 4.57 Å². The molecular formula is C19H19F2N3O4. The topological polar surface area (TPSA) is 106 Å². The molecule has 2 aromatic rings. The first-order valence-corrected chi connectivity index (χ1v) is 9.13. The highest BCUT2D eigenvalue weighted by Gasteiger charge is 2.32. The molecule has 4 rings (SSSR count). The molecule has 0 amide bonds. The van der Waals surface area contributed by atoms with Gasteiger partial charge in [0.1, 0.15) is 17.1 Å². The molecule has 148 valence electrons. The third-order valence-electron chi connectivity index (χ3n) is 5.35. The van der Waals surface area contributed by atoms with E-state index in [1.807, 2.05) is 0 Å². The van der Waals surface area contributed by atoms with Gasteiger partial charge in [-0.25, -0.2) is 13.6 Å². The highest BCUT2D eigenvalue weighted by Crippen LogP contribution is 2.39. The van der Waals surface area contributed by atoms with Gasteiger partial charge < -0.3 is 20.3 Å². The van der Waals surface area contributed by atoms with Crippen LogP contribution in [0.5, 0.6) is 0 Å². The quantitative estimate of drug-likeness (QED) is 0.827. The molecule has 9 heteroatoms. The van der Waals surface area contributed by atoms with Crippen LogP contribution in [0.4, 0.5) is 14.5 Å². The van der Waals surface area contributed by atoms with Crippen LogP contribution in [0.15, 0.2) is 17.1 Å². The van der Waals surface area contributed by atoms with Crippen molar-refractivity contribution in [2.45, 2.75) is 37.8 Å². The summed E-state index contributed by atoms with van der Waals surface area (Å²) in [4.78, 5) is 37.1. The van der Waals surface area contributed by atoms with E-state index in [0.29, 0.717) is 19.3 Å². The van der Waals surface area contributed by atoms with Crippen molar-refractivity contribution >= 4 is 28.3 Å². The summed E-state index contributed by atoms with van der Waals surface area (Å²) in [5.74, 6) is -3.51. The Morgan fingerprint density at radius 1 is 1.25 bits per heavy atom. The first-order valence-electron chi connectivity index (χ1n) is 9.13. The van der Waals surface area contributed by atoms with Crippen LogP contribution in [0.2, 0.25) is 0 Å². The zero-order chi connectivity index (χ0) is 20.2. The second-order valence-corrected chi connectivity index (χ2v) is 7.36. The predicted octanol–water partition coefficient (Wildman–Crippen LogP) is 1.81. The molecule has 1 unspecified atom stereocenters. The number of hydrogen-bond acceptors (Lipinski definition) is 5. The summed E-state index contributed by atoms with van der Waals surface area (Å²) in [6.07, 6.45) is 3.21. The summed E-state index contributed by atoms with van der Waals surface area (Å²) in [6, 6.07) is -0.0985. The van der Waals surface area contributed by atoms with Gasteiger partial charge >= 0.3 is 5.97 Å². The van der Waals surface area contributed by atoms with E-state index in [2.05, 4.69) is 0 Å². The molecule has 2 fully saturated rings. The summed E-state index contributed by atoms with van der Waals surface area (Å²) >= 11 is 0. The maximum Gasteiger partial charge on any atom is 0.341 e. The molecule has 1 aliphatic carbocycles. The van der Waals surface area contributed by atoms with E-state index >= 15 is 4.39 Å². The van der Waals surface area contributed by atoms with Crippen molar-refractivity contribution in [1.29, 1.82) is 0 Å². The van der Waals surface area contributed by atoms with Gasteiger partial charge in [-0.2, -0.15) is 0 Å². The minimum absolute atomic E-state index is 0.0287. The Labute approximate surface area is 158 Å². The average Bonchev–Trinajstić information content (AvgIpc) is 3.47. The second kappa shape index (κ2) is 6.66. The Morgan fingerprint density at radius 2 is 1.96 bits per heavy atom. The molecule has 1 aromatic carbocycles. The number of aromatic nitrogens is 1. The van der Waals surface area contributed by atoms with Crippen LogP contribution in [-0.2, 0) is 4.79 Å².